The van der Waals surface area contributed by atoms with Gasteiger partial charge in [0.1, 0.15) is 5.56 Å². The van der Waals surface area contributed by atoms with Crippen molar-refractivity contribution in [2.24, 2.45) is 0 Å². The molecular formula is C16H20N2O3. The molecule has 0 aliphatic carbocycles. The van der Waals surface area contributed by atoms with E-state index in [0.717, 1.165) is 16.6 Å². The van der Waals surface area contributed by atoms with E-state index in [9.17, 15) is 9.59 Å². The van der Waals surface area contributed by atoms with Crippen LogP contribution in [0.25, 0.3) is 10.9 Å². The fourth-order valence-corrected chi connectivity index (χ4v) is 2.42. The number of aromatic nitrogens is 1. The quantitative estimate of drug-likeness (QED) is 0.695. The molecule has 5 nitrogen and oxygen atoms in total. The highest BCUT2D eigenvalue weighted by Gasteiger charge is 2.19. The predicted octanol–water partition coefficient (Wildman–Crippen LogP) is 2.40. The second-order valence-electron chi connectivity index (χ2n) is 5.00. The van der Waals surface area contributed by atoms with Gasteiger partial charge in [-0.05, 0) is 44.9 Å². The number of fused-ring (bicyclic) bond motifs is 1. The minimum atomic E-state index is -0.607. The van der Waals surface area contributed by atoms with Crippen LogP contribution in [0.5, 0.6) is 0 Å². The number of carbonyl (C=O) groups excluding carboxylic acids is 1. The summed E-state index contributed by atoms with van der Waals surface area (Å²) in [5.74, 6) is -0.607. The van der Waals surface area contributed by atoms with Crippen molar-refractivity contribution in [1.82, 2.24) is 4.57 Å². The van der Waals surface area contributed by atoms with Crippen molar-refractivity contribution < 1.29 is 9.53 Å². The summed E-state index contributed by atoms with van der Waals surface area (Å²) >= 11 is 0. The van der Waals surface area contributed by atoms with Gasteiger partial charge in [-0.15, -0.1) is 0 Å². The van der Waals surface area contributed by atoms with Gasteiger partial charge in [-0.3, -0.25) is 4.79 Å². The molecule has 0 aliphatic heterocycles. The van der Waals surface area contributed by atoms with Crippen LogP contribution in [0.2, 0.25) is 0 Å². The van der Waals surface area contributed by atoms with Gasteiger partial charge in [0.25, 0.3) is 0 Å². The number of anilines is 1. The zero-order valence-corrected chi connectivity index (χ0v) is 12.8. The Balaban J connectivity index is 2.92. The Morgan fingerprint density at radius 1 is 1.33 bits per heavy atom. The van der Waals surface area contributed by atoms with E-state index in [2.05, 4.69) is 0 Å². The molecule has 2 rings (SSSR count). The minimum Gasteiger partial charge on any atom is -0.462 e. The van der Waals surface area contributed by atoms with E-state index >= 15 is 0 Å². The Hall–Kier alpha value is -2.30. The zero-order valence-electron chi connectivity index (χ0n) is 12.8. The normalized spacial score (nSPS) is 10.9. The van der Waals surface area contributed by atoms with E-state index in [1.165, 1.54) is 0 Å². The highest BCUT2D eigenvalue weighted by atomic mass is 16.5. The monoisotopic (exact) mass is 288 g/mol. The number of aryl methyl sites for hydroxylation is 2. The molecule has 0 atom stereocenters. The first-order valence-corrected chi connectivity index (χ1v) is 7.02. The third-order valence-electron chi connectivity index (χ3n) is 3.78. The molecule has 0 spiro atoms. The number of ether oxygens (including phenoxy) is 1. The zero-order chi connectivity index (χ0) is 15.7. The van der Waals surface area contributed by atoms with Crippen molar-refractivity contribution in [2.75, 3.05) is 12.3 Å². The van der Waals surface area contributed by atoms with Crippen molar-refractivity contribution in [1.29, 1.82) is 0 Å². The van der Waals surface area contributed by atoms with Gasteiger partial charge < -0.3 is 15.0 Å². The number of nitrogens with zero attached hydrogens (tertiary/aromatic N) is 1. The largest absolute Gasteiger partial charge is 0.462 e. The van der Waals surface area contributed by atoms with Gasteiger partial charge in [0, 0.05) is 18.4 Å². The minimum absolute atomic E-state index is 0.0288. The van der Waals surface area contributed by atoms with Crippen LogP contribution in [0.4, 0.5) is 5.69 Å². The molecule has 1 aromatic heterocycles. The summed E-state index contributed by atoms with van der Waals surface area (Å²) < 4.78 is 6.81. The third kappa shape index (κ3) is 2.39. The molecule has 21 heavy (non-hydrogen) atoms. The summed E-state index contributed by atoms with van der Waals surface area (Å²) in [5, 5.41) is 0.394. The van der Waals surface area contributed by atoms with E-state index in [-0.39, 0.29) is 17.6 Å². The SMILES string of the molecule is CCOC(=O)c1cn(CC)c2cc(C)c(C)c(N)c2c1=O. The Bertz CT molecular complexity index is 775. The molecule has 5 heteroatoms. The average molecular weight is 288 g/mol. The number of hydrogen-bond acceptors (Lipinski definition) is 4. The van der Waals surface area contributed by atoms with Gasteiger partial charge in [-0.2, -0.15) is 0 Å². The summed E-state index contributed by atoms with van der Waals surface area (Å²) in [4.78, 5) is 24.6. The fraction of sp³-hybridized carbons (Fsp3) is 0.375. The molecule has 0 amide bonds. The Kier molecular flexibility index (Phi) is 4.02. The second kappa shape index (κ2) is 5.60. The van der Waals surface area contributed by atoms with Crippen LogP contribution in [0.1, 0.15) is 35.3 Å². The Labute approximate surface area is 123 Å². The highest BCUT2D eigenvalue weighted by Crippen LogP contribution is 2.25. The lowest BCUT2D eigenvalue weighted by atomic mass is 10.0. The van der Waals surface area contributed by atoms with Crippen LogP contribution in [0, 0.1) is 13.8 Å². The summed E-state index contributed by atoms with van der Waals surface area (Å²) in [6.45, 7) is 8.34. The van der Waals surface area contributed by atoms with Crippen LogP contribution in [-0.4, -0.2) is 17.1 Å². The Morgan fingerprint density at radius 2 is 2.00 bits per heavy atom. The molecule has 1 aromatic carbocycles. The molecule has 112 valence electrons. The van der Waals surface area contributed by atoms with Crippen molar-refractivity contribution in [3.8, 4) is 0 Å². The van der Waals surface area contributed by atoms with E-state index in [4.69, 9.17) is 10.5 Å². The number of esters is 1. The number of nitrogen functional groups attached to an aromatic ring is 1. The van der Waals surface area contributed by atoms with Crippen LogP contribution < -0.4 is 11.2 Å². The molecule has 0 radical (unpaired) electrons. The van der Waals surface area contributed by atoms with Gasteiger partial charge in [0.05, 0.1) is 17.5 Å². The Morgan fingerprint density at radius 3 is 2.57 bits per heavy atom. The van der Waals surface area contributed by atoms with Crippen molar-refractivity contribution >= 4 is 22.6 Å². The van der Waals surface area contributed by atoms with Gasteiger partial charge >= 0.3 is 5.97 Å². The van der Waals surface area contributed by atoms with E-state index < -0.39 is 5.97 Å². The van der Waals surface area contributed by atoms with Crippen LogP contribution in [0.15, 0.2) is 17.1 Å². The van der Waals surface area contributed by atoms with E-state index in [0.29, 0.717) is 17.6 Å². The number of rotatable bonds is 3. The summed E-state index contributed by atoms with van der Waals surface area (Å²) in [6, 6.07) is 1.93. The molecule has 0 bridgehead atoms. The standard InChI is InChI=1S/C16H20N2O3/c1-5-18-8-11(16(20)21-6-2)15(19)13-12(18)7-9(3)10(4)14(13)17/h7-8H,5-6,17H2,1-4H3. The van der Waals surface area contributed by atoms with Crippen molar-refractivity contribution in [2.45, 2.75) is 34.2 Å². The lowest BCUT2D eigenvalue weighted by molar-refractivity contribution is 0.0524. The molecule has 0 unspecified atom stereocenters. The van der Waals surface area contributed by atoms with Gasteiger partial charge in [-0.25, -0.2) is 4.79 Å². The van der Waals surface area contributed by atoms with Gasteiger partial charge in [0.2, 0.25) is 5.43 Å². The summed E-state index contributed by atoms with van der Waals surface area (Å²) in [5.41, 5.74) is 8.85. The van der Waals surface area contributed by atoms with Crippen LogP contribution >= 0.6 is 0 Å². The smallest absolute Gasteiger partial charge is 0.343 e. The molecular weight excluding hydrogens is 268 g/mol. The molecule has 0 aliphatic rings. The first-order valence-electron chi connectivity index (χ1n) is 7.02. The maximum Gasteiger partial charge on any atom is 0.343 e. The molecule has 0 saturated heterocycles. The molecule has 0 saturated carbocycles. The number of pyridine rings is 1. The molecule has 1 heterocycles. The number of hydrogen-bond donors (Lipinski definition) is 1. The summed E-state index contributed by atoms with van der Waals surface area (Å²) in [7, 11) is 0. The van der Waals surface area contributed by atoms with E-state index in [1.54, 1.807) is 13.1 Å². The van der Waals surface area contributed by atoms with Gasteiger partial charge in [0.15, 0.2) is 0 Å². The number of carbonyl (C=O) groups is 1. The van der Waals surface area contributed by atoms with Gasteiger partial charge in [-0.1, -0.05) is 0 Å². The maximum atomic E-state index is 12.6. The number of nitrogens with two attached hydrogens (primary N) is 1. The molecule has 2 N–H and O–H groups in total. The van der Waals surface area contributed by atoms with Crippen LogP contribution in [-0.2, 0) is 11.3 Å². The predicted molar refractivity (Wildman–Crippen MR) is 83.7 cm³/mol. The topological polar surface area (TPSA) is 74.3 Å². The fourth-order valence-electron chi connectivity index (χ4n) is 2.42. The molecule has 0 fully saturated rings. The average Bonchev–Trinajstić information content (AvgIpc) is 2.45. The van der Waals surface area contributed by atoms with Crippen molar-refractivity contribution in [3.05, 3.63) is 39.2 Å². The molecule has 2 aromatic rings. The van der Waals surface area contributed by atoms with Crippen LogP contribution in [0.3, 0.4) is 0 Å². The van der Waals surface area contributed by atoms with Crippen molar-refractivity contribution in [3.63, 3.8) is 0 Å². The maximum absolute atomic E-state index is 12.6. The summed E-state index contributed by atoms with van der Waals surface area (Å²) in [6.07, 6.45) is 1.55. The number of benzene rings is 1. The first-order chi connectivity index (χ1) is 9.92. The third-order valence-corrected chi connectivity index (χ3v) is 3.78. The lowest BCUT2D eigenvalue weighted by Crippen LogP contribution is -2.22. The highest BCUT2D eigenvalue weighted by molar-refractivity contribution is 5.99. The van der Waals surface area contributed by atoms with E-state index in [1.807, 2.05) is 31.4 Å². The lowest BCUT2D eigenvalue weighted by Gasteiger charge is -2.15. The second-order valence-corrected chi connectivity index (χ2v) is 5.00. The first kappa shape index (κ1) is 15.1.